The Labute approximate surface area is 85.3 Å². The monoisotopic (exact) mass is 210 g/mol. The van der Waals surface area contributed by atoms with Crippen LogP contribution in [0.3, 0.4) is 0 Å². The van der Waals surface area contributed by atoms with E-state index in [0.717, 1.165) is 4.90 Å². The van der Waals surface area contributed by atoms with E-state index in [1.54, 1.807) is 0 Å². The predicted octanol–water partition coefficient (Wildman–Crippen LogP) is -1.14. The Kier molecular flexibility index (Phi) is 2.08. The van der Waals surface area contributed by atoms with Crippen molar-refractivity contribution < 1.29 is 19.5 Å². The highest BCUT2D eigenvalue weighted by molar-refractivity contribution is 6.03. The number of nitrogens with two attached hydrogens (primary N) is 1. The molecule has 0 aromatic carbocycles. The van der Waals surface area contributed by atoms with Gasteiger partial charge in [0.2, 0.25) is 5.91 Å². The molecule has 6 nitrogen and oxygen atoms in total. The van der Waals surface area contributed by atoms with Crippen molar-refractivity contribution in [2.75, 3.05) is 0 Å². The van der Waals surface area contributed by atoms with E-state index in [1.807, 2.05) is 0 Å². The van der Waals surface area contributed by atoms with Gasteiger partial charge in [0.25, 0.3) is 0 Å². The molecule has 1 amide bonds. The third-order valence-electron chi connectivity index (χ3n) is 2.87. The number of amides is 1. The largest absolute Gasteiger partial charge is 0.477 e. The van der Waals surface area contributed by atoms with Crippen LogP contribution in [0.15, 0.2) is 11.3 Å². The fourth-order valence-corrected chi connectivity index (χ4v) is 2.08. The lowest BCUT2D eigenvalue weighted by Gasteiger charge is -2.48. The first-order valence-corrected chi connectivity index (χ1v) is 4.58. The Morgan fingerprint density at radius 3 is 2.80 bits per heavy atom. The van der Waals surface area contributed by atoms with Crippen molar-refractivity contribution in [3.05, 3.63) is 11.3 Å². The number of β-lactam (4-membered cyclic amide) rings is 1. The molecule has 0 spiro atoms. The van der Waals surface area contributed by atoms with Gasteiger partial charge in [0, 0.05) is 5.57 Å². The van der Waals surface area contributed by atoms with Crippen molar-refractivity contribution in [1.29, 1.82) is 0 Å². The highest BCUT2D eigenvalue weighted by Gasteiger charge is 2.50. The first-order chi connectivity index (χ1) is 7.07. The third kappa shape index (κ3) is 1.18. The van der Waals surface area contributed by atoms with Crippen LogP contribution in [0.5, 0.6) is 0 Å². The van der Waals surface area contributed by atoms with E-state index in [4.69, 9.17) is 10.8 Å². The van der Waals surface area contributed by atoms with Crippen LogP contribution in [0.25, 0.3) is 0 Å². The topological polar surface area (TPSA) is 101 Å². The van der Waals surface area contributed by atoms with E-state index in [0.29, 0.717) is 19.1 Å². The molecule has 1 saturated heterocycles. The lowest BCUT2D eigenvalue weighted by molar-refractivity contribution is -0.152. The average Bonchev–Trinajstić information content (AvgIpc) is 2.25. The molecule has 0 saturated carbocycles. The number of hydrogen-bond acceptors (Lipinski definition) is 4. The standard InChI is InChI=1S/C9H10N2O4/c10-6-5-2-1-4(3-12)7(9(14)15)11(5)8(6)13/h3,5-6H,1-2,10H2,(H,14,15)/t5-,6+/m1/s1. The molecule has 2 rings (SSSR count). The summed E-state index contributed by atoms with van der Waals surface area (Å²) in [5.74, 6) is -1.67. The SMILES string of the molecule is N[C@@H]1C(=O)N2C(C(=O)O)=C(C=O)CC[C@H]12. The summed E-state index contributed by atoms with van der Waals surface area (Å²) in [6.07, 6.45) is 1.42. The van der Waals surface area contributed by atoms with E-state index < -0.39 is 17.9 Å². The zero-order valence-corrected chi connectivity index (χ0v) is 7.84. The summed E-state index contributed by atoms with van der Waals surface area (Å²) in [7, 11) is 0. The molecule has 2 atom stereocenters. The number of nitrogens with zero attached hydrogens (tertiary/aromatic N) is 1. The summed E-state index contributed by atoms with van der Waals surface area (Å²) in [5, 5.41) is 8.91. The van der Waals surface area contributed by atoms with Crippen LogP contribution < -0.4 is 5.73 Å². The van der Waals surface area contributed by atoms with Gasteiger partial charge in [0.05, 0.1) is 6.04 Å². The minimum absolute atomic E-state index is 0.166. The number of carbonyl (C=O) groups is 3. The van der Waals surface area contributed by atoms with Gasteiger partial charge in [-0.05, 0) is 12.8 Å². The van der Waals surface area contributed by atoms with Crippen LogP contribution in [0.2, 0.25) is 0 Å². The summed E-state index contributed by atoms with van der Waals surface area (Å²) in [6, 6.07) is -0.875. The number of aldehydes is 1. The second kappa shape index (κ2) is 3.16. The molecule has 3 N–H and O–H groups in total. The van der Waals surface area contributed by atoms with Crippen LogP contribution in [-0.4, -0.2) is 40.3 Å². The van der Waals surface area contributed by atoms with E-state index in [1.165, 1.54) is 0 Å². The number of aliphatic carboxylic acids is 1. The molecule has 0 aliphatic carbocycles. The van der Waals surface area contributed by atoms with Crippen molar-refractivity contribution in [2.24, 2.45) is 5.73 Å². The van der Waals surface area contributed by atoms with Crippen molar-refractivity contribution >= 4 is 18.2 Å². The van der Waals surface area contributed by atoms with Gasteiger partial charge in [-0.15, -0.1) is 0 Å². The van der Waals surface area contributed by atoms with Gasteiger partial charge >= 0.3 is 5.97 Å². The number of rotatable bonds is 2. The summed E-state index contributed by atoms with van der Waals surface area (Å²) < 4.78 is 0. The van der Waals surface area contributed by atoms with Crippen LogP contribution >= 0.6 is 0 Å². The van der Waals surface area contributed by atoms with Crippen LogP contribution in [0, 0.1) is 0 Å². The Hall–Kier alpha value is -1.69. The van der Waals surface area contributed by atoms with Crippen molar-refractivity contribution in [3.63, 3.8) is 0 Å². The Morgan fingerprint density at radius 1 is 1.60 bits per heavy atom. The minimum Gasteiger partial charge on any atom is -0.477 e. The maximum atomic E-state index is 11.4. The number of carboxylic acid groups (broad SMARTS) is 1. The lowest BCUT2D eigenvalue weighted by atomic mass is 9.84. The number of carboxylic acids is 1. The lowest BCUT2D eigenvalue weighted by Crippen LogP contribution is -2.69. The zero-order chi connectivity index (χ0) is 11.2. The van der Waals surface area contributed by atoms with E-state index in [9.17, 15) is 14.4 Å². The van der Waals surface area contributed by atoms with Crippen molar-refractivity contribution in [1.82, 2.24) is 4.90 Å². The molecule has 2 aliphatic heterocycles. The maximum absolute atomic E-state index is 11.4. The molecule has 0 unspecified atom stereocenters. The maximum Gasteiger partial charge on any atom is 0.353 e. The van der Waals surface area contributed by atoms with Gasteiger partial charge in [0.15, 0.2) is 0 Å². The van der Waals surface area contributed by atoms with Gasteiger partial charge in [-0.3, -0.25) is 14.5 Å². The molecule has 6 heteroatoms. The quantitative estimate of drug-likeness (QED) is 0.443. The number of allylic oxidation sites excluding steroid dienone is 1. The molecular weight excluding hydrogens is 200 g/mol. The predicted molar refractivity (Wildman–Crippen MR) is 48.6 cm³/mol. The van der Waals surface area contributed by atoms with Crippen LogP contribution in [0.1, 0.15) is 12.8 Å². The molecule has 15 heavy (non-hydrogen) atoms. The van der Waals surface area contributed by atoms with Gasteiger partial charge in [-0.25, -0.2) is 4.79 Å². The fraction of sp³-hybridized carbons (Fsp3) is 0.444. The second-order valence-electron chi connectivity index (χ2n) is 3.64. The molecule has 0 aromatic rings. The van der Waals surface area contributed by atoms with E-state index >= 15 is 0 Å². The Balaban J connectivity index is 2.42. The first-order valence-electron chi connectivity index (χ1n) is 4.58. The second-order valence-corrected chi connectivity index (χ2v) is 3.64. The van der Waals surface area contributed by atoms with E-state index in [-0.39, 0.29) is 17.3 Å². The third-order valence-corrected chi connectivity index (χ3v) is 2.87. The van der Waals surface area contributed by atoms with Crippen molar-refractivity contribution in [2.45, 2.75) is 24.9 Å². The Morgan fingerprint density at radius 2 is 2.27 bits per heavy atom. The minimum atomic E-state index is -1.25. The molecular formula is C9H10N2O4. The van der Waals surface area contributed by atoms with E-state index in [2.05, 4.69) is 0 Å². The average molecular weight is 210 g/mol. The first kappa shape index (κ1) is 9.85. The highest BCUT2D eigenvalue weighted by atomic mass is 16.4. The van der Waals surface area contributed by atoms with Gasteiger partial charge in [0.1, 0.15) is 18.0 Å². The molecule has 2 aliphatic rings. The van der Waals surface area contributed by atoms with Crippen LogP contribution in [-0.2, 0) is 14.4 Å². The number of carbonyl (C=O) groups excluding carboxylic acids is 2. The summed E-state index contributed by atoms with van der Waals surface area (Å²) in [4.78, 5) is 34.0. The molecule has 0 radical (unpaired) electrons. The number of fused-ring (bicyclic) bond motifs is 1. The zero-order valence-electron chi connectivity index (χ0n) is 7.84. The highest BCUT2D eigenvalue weighted by Crippen LogP contribution is 2.34. The molecule has 0 aromatic heterocycles. The molecule has 2 heterocycles. The number of hydrogen-bond donors (Lipinski definition) is 2. The van der Waals surface area contributed by atoms with Crippen LogP contribution in [0.4, 0.5) is 0 Å². The summed E-state index contributed by atoms with van der Waals surface area (Å²) in [5.41, 5.74) is 5.50. The molecule has 1 fully saturated rings. The normalized spacial score (nSPS) is 29.7. The van der Waals surface area contributed by atoms with Gasteiger partial charge in [-0.2, -0.15) is 0 Å². The molecule has 0 bridgehead atoms. The fourth-order valence-electron chi connectivity index (χ4n) is 2.08. The smallest absolute Gasteiger partial charge is 0.353 e. The Bertz CT molecular complexity index is 388. The summed E-state index contributed by atoms with van der Waals surface area (Å²) >= 11 is 0. The summed E-state index contributed by atoms with van der Waals surface area (Å²) in [6.45, 7) is 0. The van der Waals surface area contributed by atoms with Crippen molar-refractivity contribution in [3.8, 4) is 0 Å². The molecule has 80 valence electrons. The van der Waals surface area contributed by atoms with Gasteiger partial charge in [-0.1, -0.05) is 0 Å². The van der Waals surface area contributed by atoms with Gasteiger partial charge < -0.3 is 10.8 Å².